The molecule has 2 rings (SSSR count). The average Bonchev–Trinajstić information content (AvgIpc) is 2.90. The summed E-state index contributed by atoms with van der Waals surface area (Å²) in [6.45, 7) is 5.22. The van der Waals surface area contributed by atoms with Gasteiger partial charge >= 0.3 is 0 Å². The lowest BCUT2D eigenvalue weighted by molar-refractivity contribution is 0.396. The summed E-state index contributed by atoms with van der Waals surface area (Å²) in [6, 6.07) is 8.16. The molecule has 1 heterocycles. The molecule has 0 saturated carbocycles. The molecule has 5 heteroatoms. The molecule has 2 aromatic rings. The Morgan fingerprint density at radius 3 is 2.74 bits per heavy atom. The van der Waals surface area contributed by atoms with Gasteiger partial charge < -0.3 is 9.73 Å². The van der Waals surface area contributed by atoms with E-state index in [0.717, 1.165) is 28.5 Å². The first-order valence-corrected chi connectivity index (χ1v) is 7.65. The summed E-state index contributed by atoms with van der Waals surface area (Å²) in [6.07, 6.45) is 2.03. The van der Waals surface area contributed by atoms with Crippen molar-refractivity contribution in [1.29, 1.82) is 0 Å². The molecule has 0 amide bonds. The Morgan fingerprint density at radius 1 is 1.26 bits per heavy atom. The minimum absolute atomic E-state index is 0.141. The third-order valence-corrected chi connectivity index (χ3v) is 3.83. The number of nitrogens with one attached hydrogen (secondary N) is 1. The van der Waals surface area contributed by atoms with Crippen molar-refractivity contribution in [2.75, 3.05) is 6.54 Å². The second kappa shape index (κ2) is 7.00. The van der Waals surface area contributed by atoms with Crippen LogP contribution in [0.3, 0.4) is 0 Å². The molecule has 0 bridgehead atoms. The molecule has 1 aromatic heterocycles. The molecule has 4 nitrogen and oxygen atoms in total. The lowest BCUT2D eigenvalue weighted by atomic mass is 10.2. The topological polar surface area (TPSA) is 51.0 Å². The smallest absolute Gasteiger partial charge is 0.248 e. The highest BCUT2D eigenvalue weighted by Crippen LogP contribution is 2.25. The predicted molar refractivity (Wildman–Crippen MR) is 83.8 cm³/mol. The van der Waals surface area contributed by atoms with Crippen LogP contribution in [0.1, 0.15) is 38.6 Å². The van der Waals surface area contributed by atoms with Gasteiger partial charge in [-0.15, -0.1) is 10.2 Å². The zero-order valence-electron chi connectivity index (χ0n) is 11.2. The number of hydrogen-bond donors (Lipinski definition) is 1. The monoisotopic (exact) mass is 371 g/mol. The van der Waals surface area contributed by atoms with Gasteiger partial charge in [-0.25, -0.2) is 0 Å². The fraction of sp³-hybridized carbons (Fsp3) is 0.429. The van der Waals surface area contributed by atoms with Gasteiger partial charge in [0.15, 0.2) is 0 Å². The molecule has 0 radical (unpaired) electrons. The summed E-state index contributed by atoms with van der Waals surface area (Å²) in [5, 5.41) is 11.8. The van der Waals surface area contributed by atoms with Crippen LogP contribution in [-0.2, 0) is 0 Å². The van der Waals surface area contributed by atoms with E-state index in [0.29, 0.717) is 11.8 Å². The highest BCUT2D eigenvalue weighted by molar-refractivity contribution is 14.1. The first-order chi connectivity index (χ1) is 9.26. The summed E-state index contributed by atoms with van der Waals surface area (Å²) >= 11 is 2.28. The number of hydrogen-bond acceptors (Lipinski definition) is 4. The molecule has 0 fully saturated rings. The van der Waals surface area contributed by atoms with Crippen molar-refractivity contribution in [2.45, 2.75) is 32.7 Å². The highest BCUT2D eigenvalue weighted by atomic mass is 127. The Kier molecular flexibility index (Phi) is 5.33. The Hall–Kier alpha value is -0.950. The van der Waals surface area contributed by atoms with E-state index < -0.39 is 0 Å². The second-order valence-corrected chi connectivity index (χ2v) is 5.50. The van der Waals surface area contributed by atoms with E-state index in [2.05, 4.69) is 52.0 Å². The molecule has 0 aliphatic heterocycles. The van der Waals surface area contributed by atoms with Crippen LogP contribution in [0, 0.1) is 3.57 Å². The number of nitrogens with zero attached hydrogens (tertiary/aromatic N) is 2. The predicted octanol–water partition coefficient (Wildman–Crippen LogP) is 3.79. The molecule has 0 saturated heterocycles. The molecule has 19 heavy (non-hydrogen) atoms. The van der Waals surface area contributed by atoms with E-state index in [9.17, 15) is 0 Å². The van der Waals surface area contributed by atoms with Crippen LogP contribution in [0.4, 0.5) is 0 Å². The van der Waals surface area contributed by atoms with Crippen LogP contribution in [0.15, 0.2) is 28.7 Å². The molecule has 0 aliphatic rings. The van der Waals surface area contributed by atoms with Crippen LogP contribution < -0.4 is 5.32 Å². The molecule has 1 atom stereocenters. The summed E-state index contributed by atoms with van der Waals surface area (Å²) in [4.78, 5) is 0. The van der Waals surface area contributed by atoms with E-state index in [4.69, 9.17) is 4.42 Å². The Bertz CT molecular complexity index is 527. The standard InChI is InChI=1S/C14H18IN3O/c1-3-9-16-12(4-2)14-18-17-13(19-14)10-7-5-6-8-11(10)15/h5-8,12,16H,3-4,9H2,1-2H3. The second-order valence-electron chi connectivity index (χ2n) is 4.34. The minimum Gasteiger partial charge on any atom is -0.419 e. The molecular weight excluding hydrogens is 353 g/mol. The van der Waals surface area contributed by atoms with Crippen LogP contribution in [0.25, 0.3) is 11.5 Å². The summed E-state index contributed by atoms with van der Waals surface area (Å²) in [5.41, 5.74) is 0.993. The number of rotatable bonds is 6. The largest absolute Gasteiger partial charge is 0.419 e. The van der Waals surface area contributed by atoms with E-state index in [1.54, 1.807) is 0 Å². The molecule has 1 unspecified atom stereocenters. The zero-order valence-corrected chi connectivity index (χ0v) is 13.3. The fourth-order valence-corrected chi connectivity index (χ4v) is 2.46. The van der Waals surface area contributed by atoms with Crippen LogP contribution in [0.2, 0.25) is 0 Å². The van der Waals surface area contributed by atoms with E-state index >= 15 is 0 Å². The maximum atomic E-state index is 5.81. The van der Waals surface area contributed by atoms with Crippen molar-refractivity contribution in [1.82, 2.24) is 15.5 Å². The van der Waals surface area contributed by atoms with Crippen molar-refractivity contribution < 1.29 is 4.42 Å². The van der Waals surface area contributed by atoms with Gasteiger partial charge in [0.2, 0.25) is 11.8 Å². The van der Waals surface area contributed by atoms with Gasteiger partial charge in [-0.2, -0.15) is 0 Å². The SMILES string of the molecule is CCCNC(CC)c1nnc(-c2ccccc2I)o1. The molecular formula is C14H18IN3O. The lowest BCUT2D eigenvalue weighted by Gasteiger charge is -2.11. The minimum atomic E-state index is 0.141. The first kappa shape index (κ1) is 14.5. The lowest BCUT2D eigenvalue weighted by Crippen LogP contribution is -2.21. The van der Waals surface area contributed by atoms with Gasteiger partial charge in [0.25, 0.3) is 0 Å². The van der Waals surface area contributed by atoms with E-state index in [-0.39, 0.29) is 6.04 Å². The van der Waals surface area contributed by atoms with Crippen molar-refractivity contribution in [3.8, 4) is 11.5 Å². The van der Waals surface area contributed by atoms with Gasteiger partial charge in [-0.3, -0.25) is 0 Å². The maximum Gasteiger partial charge on any atom is 0.248 e. The van der Waals surface area contributed by atoms with Crippen molar-refractivity contribution in [3.05, 3.63) is 33.7 Å². The number of halogens is 1. The third-order valence-electron chi connectivity index (χ3n) is 2.89. The van der Waals surface area contributed by atoms with Crippen LogP contribution in [0.5, 0.6) is 0 Å². The van der Waals surface area contributed by atoms with Gasteiger partial charge in [-0.1, -0.05) is 26.0 Å². The van der Waals surface area contributed by atoms with Crippen molar-refractivity contribution in [3.63, 3.8) is 0 Å². The summed E-state index contributed by atoms with van der Waals surface area (Å²) in [7, 11) is 0. The Balaban J connectivity index is 2.21. The molecule has 0 aliphatic carbocycles. The fourth-order valence-electron chi connectivity index (χ4n) is 1.84. The molecule has 1 aromatic carbocycles. The average molecular weight is 371 g/mol. The van der Waals surface area contributed by atoms with E-state index in [1.165, 1.54) is 0 Å². The number of aromatic nitrogens is 2. The first-order valence-electron chi connectivity index (χ1n) is 6.58. The van der Waals surface area contributed by atoms with E-state index in [1.807, 2.05) is 24.3 Å². The molecule has 0 spiro atoms. The van der Waals surface area contributed by atoms with Gasteiger partial charge in [-0.05, 0) is 54.1 Å². The quantitative estimate of drug-likeness (QED) is 0.785. The Morgan fingerprint density at radius 2 is 2.05 bits per heavy atom. The highest BCUT2D eigenvalue weighted by Gasteiger charge is 2.17. The van der Waals surface area contributed by atoms with Gasteiger partial charge in [0.1, 0.15) is 0 Å². The van der Waals surface area contributed by atoms with Gasteiger partial charge in [0, 0.05) is 3.57 Å². The normalized spacial score (nSPS) is 12.6. The zero-order chi connectivity index (χ0) is 13.7. The number of benzene rings is 1. The van der Waals surface area contributed by atoms with Crippen molar-refractivity contribution in [2.24, 2.45) is 0 Å². The van der Waals surface area contributed by atoms with Gasteiger partial charge in [0.05, 0.1) is 11.6 Å². The van der Waals surface area contributed by atoms with Crippen LogP contribution >= 0.6 is 22.6 Å². The maximum absolute atomic E-state index is 5.81. The summed E-state index contributed by atoms with van der Waals surface area (Å²) < 4.78 is 6.93. The molecule has 1 N–H and O–H groups in total. The Labute approximate surface area is 127 Å². The molecule has 102 valence electrons. The third kappa shape index (κ3) is 3.54. The van der Waals surface area contributed by atoms with Crippen molar-refractivity contribution >= 4 is 22.6 Å². The van der Waals surface area contributed by atoms with Crippen LogP contribution in [-0.4, -0.2) is 16.7 Å². The summed E-state index contributed by atoms with van der Waals surface area (Å²) in [5.74, 6) is 1.27.